The molecule has 1 N–H and O–H groups in total. The van der Waals surface area contributed by atoms with Gasteiger partial charge in [0.1, 0.15) is 0 Å². The van der Waals surface area contributed by atoms with Gasteiger partial charge in [0.05, 0.1) is 5.69 Å². The van der Waals surface area contributed by atoms with E-state index in [-0.39, 0.29) is 34.6 Å². The number of carboxylic acids is 1. The van der Waals surface area contributed by atoms with Crippen LogP contribution in [0.5, 0.6) is 0 Å². The molecule has 0 aliphatic rings. The molecule has 1 radical (unpaired) electrons. The number of nitrogens with zero attached hydrogens (tertiary/aromatic N) is 1. The summed E-state index contributed by atoms with van der Waals surface area (Å²) in [5, 5.41) is 10.5. The molecule has 0 aliphatic carbocycles. The van der Waals surface area contributed by atoms with E-state index >= 15 is 0 Å². The zero-order valence-corrected chi connectivity index (χ0v) is 10.2. The van der Waals surface area contributed by atoms with Gasteiger partial charge < -0.3 is 5.11 Å². The molecule has 0 bridgehead atoms. The maximum atomic E-state index is 10.4. The molecule has 0 saturated carbocycles. The van der Waals surface area contributed by atoms with E-state index in [1.54, 1.807) is 5.38 Å². The number of hydrogen-bond donors (Lipinski definition) is 1. The van der Waals surface area contributed by atoms with Crippen molar-refractivity contribution in [3.63, 3.8) is 0 Å². The minimum absolute atomic E-state index is 0. The summed E-state index contributed by atoms with van der Waals surface area (Å²) < 4.78 is 0. The van der Waals surface area contributed by atoms with Gasteiger partial charge in [-0.3, -0.25) is 0 Å². The summed E-state index contributed by atoms with van der Waals surface area (Å²) in [6.07, 6.45) is 0. The molecular formula is C7H9NNaO2S. The van der Waals surface area contributed by atoms with E-state index < -0.39 is 5.97 Å². The summed E-state index contributed by atoms with van der Waals surface area (Å²) in [7, 11) is 0. The molecule has 61 valence electrons. The first kappa shape index (κ1) is 12.1. The van der Waals surface area contributed by atoms with Gasteiger partial charge in [0.25, 0.3) is 0 Å². The first-order valence-electron chi connectivity index (χ1n) is 3.30. The minimum Gasteiger partial charge on any atom is -0.476 e. The smallest absolute Gasteiger partial charge is 0.365 e. The maximum absolute atomic E-state index is 10.4. The Labute approximate surface area is 97.1 Å². The molecule has 0 unspecified atom stereocenters. The number of hydrogen-bond acceptors (Lipinski definition) is 3. The van der Waals surface area contributed by atoms with E-state index in [0.717, 1.165) is 5.69 Å². The molecule has 0 amide bonds. The predicted molar refractivity (Wildman–Crippen MR) is 48.9 cm³/mol. The molecule has 1 rings (SSSR count). The molecule has 1 aromatic rings. The third kappa shape index (κ3) is 2.86. The number of rotatable bonds is 2. The van der Waals surface area contributed by atoms with Gasteiger partial charge in [0.15, 0.2) is 0 Å². The predicted octanol–water partition coefficient (Wildman–Crippen LogP) is 1.58. The Bertz CT molecular complexity index is 272. The fraction of sp³-hybridized carbons (Fsp3) is 0.429. The van der Waals surface area contributed by atoms with Crippen LogP contribution in [-0.4, -0.2) is 45.6 Å². The molecule has 0 saturated heterocycles. The van der Waals surface area contributed by atoms with E-state index in [0.29, 0.717) is 5.92 Å². The fourth-order valence-corrected chi connectivity index (χ4v) is 1.47. The van der Waals surface area contributed by atoms with Crippen molar-refractivity contribution < 1.29 is 9.90 Å². The first-order valence-corrected chi connectivity index (χ1v) is 4.18. The zero-order chi connectivity index (χ0) is 8.43. The molecular weight excluding hydrogens is 185 g/mol. The molecule has 3 nitrogen and oxygen atoms in total. The van der Waals surface area contributed by atoms with E-state index in [1.807, 2.05) is 13.8 Å². The number of carbonyl (C=O) groups is 1. The van der Waals surface area contributed by atoms with Gasteiger partial charge >= 0.3 is 5.97 Å². The molecule has 0 aromatic carbocycles. The third-order valence-corrected chi connectivity index (χ3v) is 2.14. The monoisotopic (exact) mass is 194 g/mol. The van der Waals surface area contributed by atoms with Gasteiger partial charge in [0, 0.05) is 34.9 Å². The van der Waals surface area contributed by atoms with Crippen LogP contribution in [0.2, 0.25) is 0 Å². The summed E-state index contributed by atoms with van der Waals surface area (Å²) >= 11 is 1.18. The standard InChI is InChI=1S/C7H9NO2S.Na/c1-4(2)5-3-11-6(8-5)7(9)10;/h3-4H,1-2H3,(H,9,10);. The molecule has 0 atom stereocenters. The van der Waals surface area contributed by atoms with Crippen LogP contribution in [0.15, 0.2) is 5.38 Å². The van der Waals surface area contributed by atoms with Crippen LogP contribution >= 0.6 is 11.3 Å². The van der Waals surface area contributed by atoms with Gasteiger partial charge in [0.2, 0.25) is 5.01 Å². The molecule has 1 aromatic heterocycles. The van der Waals surface area contributed by atoms with Crippen molar-refractivity contribution in [2.24, 2.45) is 0 Å². The van der Waals surface area contributed by atoms with Gasteiger partial charge in [-0.25, -0.2) is 9.78 Å². The fourth-order valence-electron chi connectivity index (χ4n) is 0.650. The van der Waals surface area contributed by atoms with Crippen LogP contribution in [0, 0.1) is 0 Å². The van der Waals surface area contributed by atoms with E-state index in [2.05, 4.69) is 4.98 Å². The van der Waals surface area contributed by atoms with Gasteiger partial charge in [-0.05, 0) is 5.92 Å². The molecule has 0 fully saturated rings. The topological polar surface area (TPSA) is 50.2 Å². The van der Waals surface area contributed by atoms with E-state index in [1.165, 1.54) is 11.3 Å². The van der Waals surface area contributed by atoms with Crippen molar-refractivity contribution in [3.8, 4) is 0 Å². The second kappa shape index (κ2) is 4.97. The Morgan fingerprint density at radius 3 is 2.50 bits per heavy atom. The first-order chi connectivity index (χ1) is 5.11. The molecule has 0 spiro atoms. The maximum Gasteiger partial charge on any atom is 0.365 e. The zero-order valence-electron chi connectivity index (χ0n) is 7.37. The number of aromatic carboxylic acids is 1. The summed E-state index contributed by atoms with van der Waals surface area (Å²) in [6.45, 7) is 3.97. The van der Waals surface area contributed by atoms with Crippen LogP contribution in [0.25, 0.3) is 0 Å². The van der Waals surface area contributed by atoms with Crippen molar-refractivity contribution >= 4 is 46.9 Å². The van der Waals surface area contributed by atoms with Gasteiger partial charge in [-0.15, -0.1) is 11.3 Å². The van der Waals surface area contributed by atoms with Crippen LogP contribution < -0.4 is 0 Å². The Hall–Kier alpha value is 0.100. The Morgan fingerprint density at radius 2 is 2.25 bits per heavy atom. The molecule has 0 aliphatic heterocycles. The van der Waals surface area contributed by atoms with Crippen LogP contribution in [0.1, 0.15) is 35.3 Å². The van der Waals surface area contributed by atoms with Gasteiger partial charge in [-0.1, -0.05) is 13.8 Å². The summed E-state index contributed by atoms with van der Waals surface area (Å²) in [5.74, 6) is -0.638. The Kier molecular flexibility index (Phi) is 5.01. The van der Waals surface area contributed by atoms with Crippen LogP contribution in [0.3, 0.4) is 0 Å². The number of carboxylic acid groups (broad SMARTS) is 1. The average Bonchev–Trinajstić information content (AvgIpc) is 2.33. The largest absolute Gasteiger partial charge is 0.476 e. The van der Waals surface area contributed by atoms with Crippen molar-refractivity contribution in [2.75, 3.05) is 0 Å². The quantitative estimate of drug-likeness (QED) is 0.727. The van der Waals surface area contributed by atoms with Crippen LogP contribution in [-0.2, 0) is 0 Å². The number of thiazole rings is 1. The van der Waals surface area contributed by atoms with Gasteiger partial charge in [-0.2, -0.15) is 0 Å². The summed E-state index contributed by atoms with van der Waals surface area (Å²) in [5.41, 5.74) is 0.854. The van der Waals surface area contributed by atoms with Crippen molar-refractivity contribution in [1.29, 1.82) is 0 Å². The Morgan fingerprint density at radius 1 is 1.67 bits per heavy atom. The average molecular weight is 194 g/mol. The summed E-state index contributed by atoms with van der Waals surface area (Å²) in [6, 6.07) is 0. The molecule has 12 heavy (non-hydrogen) atoms. The second-order valence-corrected chi connectivity index (χ2v) is 3.40. The Balaban J connectivity index is 0.00000121. The van der Waals surface area contributed by atoms with Crippen molar-refractivity contribution in [3.05, 3.63) is 16.1 Å². The third-order valence-electron chi connectivity index (χ3n) is 1.30. The van der Waals surface area contributed by atoms with E-state index in [9.17, 15) is 4.79 Å². The van der Waals surface area contributed by atoms with E-state index in [4.69, 9.17) is 5.11 Å². The second-order valence-electron chi connectivity index (χ2n) is 2.54. The van der Waals surface area contributed by atoms with Crippen LogP contribution in [0.4, 0.5) is 0 Å². The number of aromatic nitrogens is 1. The van der Waals surface area contributed by atoms with Crippen molar-refractivity contribution in [2.45, 2.75) is 19.8 Å². The molecule has 5 heteroatoms. The molecule has 1 heterocycles. The summed E-state index contributed by atoms with van der Waals surface area (Å²) in [4.78, 5) is 14.3. The normalized spacial score (nSPS) is 9.58. The van der Waals surface area contributed by atoms with Crippen molar-refractivity contribution in [1.82, 2.24) is 4.98 Å². The minimum atomic E-state index is -0.943. The SMILES string of the molecule is CC(C)c1csc(C(=O)O)n1.[Na].